The molecule has 1 fully saturated rings. The predicted octanol–water partition coefficient (Wildman–Crippen LogP) is 1.09. The Hall–Kier alpha value is -0.340. The van der Waals surface area contributed by atoms with Crippen LogP contribution >= 0.6 is 0 Å². The van der Waals surface area contributed by atoms with E-state index in [9.17, 15) is 5.11 Å². The van der Waals surface area contributed by atoms with Crippen LogP contribution in [0.15, 0.2) is 12.2 Å². The molecule has 0 aromatic heterocycles. The number of aliphatic hydroxyl groups is 2. The van der Waals surface area contributed by atoms with E-state index in [4.69, 9.17) is 5.11 Å². The van der Waals surface area contributed by atoms with Crippen molar-refractivity contribution < 1.29 is 10.2 Å². The summed E-state index contributed by atoms with van der Waals surface area (Å²) in [6.45, 7) is 5.59. The number of hydrogen-bond acceptors (Lipinski definition) is 2. The lowest BCUT2D eigenvalue weighted by Gasteiger charge is -2.28. The van der Waals surface area contributed by atoms with Gasteiger partial charge in [0.2, 0.25) is 0 Å². The molecule has 1 aliphatic rings. The lowest BCUT2D eigenvalue weighted by atomic mass is 9.87. The molecule has 0 aliphatic heterocycles. The van der Waals surface area contributed by atoms with Gasteiger partial charge < -0.3 is 10.2 Å². The fourth-order valence-electron chi connectivity index (χ4n) is 1.95. The van der Waals surface area contributed by atoms with E-state index in [0.29, 0.717) is 6.42 Å². The topological polar surface area (TPSA) is 40.5 Å². The van der Waals surface area contributed by atoms with Gasteiger partial charge in [0.15, 0.2) is 0 Å². The molecule has 2 atom stereocenters. The third-order valence-corrected chi connectivity index (χ3v) is 2.62. The van der Waals surface area contributed by atoms with Crippen molar-refractivity contribution in [2.24, 2.45) is 5.92 Å². The first-order valence-corrected chi connectivity index (χ1v) is 4.09. The largest absolute Gasteiger partial charge is 0.393 e. The average Bonchev–Trinajstić information content (AvgIpc) is 2.32. The Bertz CT molecular complexity index is 165. The fraction of sp³-hybridized carbons (Fsp3) is 0.778. The van der Waals surface area contributed by atoms with Crippen LogP contribution in [0.25, 0.3) is 0 Å². The van der Waals surface area contributed by atoms with Crippen molar-refractivity contribution in [3.8, 4) is 0 Å². The van der Waals surface area contributed by atoms with Crippen molar-refractivity contribution in [3.63, 3.8) is 0 Å². The molecule has 2 N–H and O–H groups in total. The molecule has 11 heavy (non-hydrogen) atoms. The van der Waals surface area contributed by atoms with E-state index in [2.05, 4.69) is 6.58 Å². The molecule has 0 heterocycles. The van der Waals surface area contributed by atoms with Crippen molar-refractivity contribution in [2.45, 2.75) is 31.8 Å². The van der Waals surface area contributed by atoms with Crippen LogP contribution < -0.4 is 0 Å². The quantitative estimate of drug-likeness (QED) is 0.587. The van der Waals surface area contributed by atoms with Gasteiger partial charge in [-0.05, 0) is 26.2 Å². The third kappa shape index (κ3) is 1.47. The molecule has 0 aromatic carbocycles. The van der Waals surface area contributed by atoms with Crippen LogP contribution in [0.2, 0.25) is 0 Å². The Morgan fingerprint density at radius 1 is 1.73 bits per heavy atom. The minimum absolute atomic E-state index is 0.104. The van der Waals surface area contributed by atoms with Gasteiger partial charge in [-0.1, -0.05) is 12.2 Å². The fourth-order valence-corrected chi connectivity index (χ4v) is 1.95. The second kappa shape index (κ2) is 2.95. The Morgan fingerprint density at radius 2 is 2.36 bits per heavy atom. The van der Waals surface area contributed by atoms with Gasteiger partial charge in [-0.2, -0.15) is 0 Å². The highest BCUT2D eigenvalue weighted by Gasteiger charge is 2.40. The lowest BCUT2D eigenvalue weighted by molar-refractivity contribution is -0.0339. The van der Waals surface area contributed by atoms with Crippen molar-refractivity contribution in [1.82, 2.24) is 0 Å². The van der Waals surface area contributed by atoms with Crippen LogP contribution in [0.1, 0.15) is 26.2 Å². The van der Waals surface area contributed by atoms with E-state index in [1.54, 1.807) is 0 Å². The van der Waals surface area contributed by atoms with Crippen molar-refractivity contribution in [2.75, 3.05) is 6.61 Å². The maximum Gasteiger partial charge on any atom is 0.0941 e. The molecule has 2 nitrogen and oxygen atoms in total. The van der Waals surface area contributed by atoms with Crippen LogP contribution in [-0.2, 0) is 0 Å². The highest BCUT2D eigenvalue weighted by molar-refractivity contribution is 5.08. The summed E-state index contributed by atoms with van der Waals surface area (Å²) in [5, 5.41) is 18.8. The van der Waals surface area contributed by atoms with Crippen molar-refractivity contribution in [3.05, 3.63) is 12.2 Å². The molecule has 0 radical (unpaired) electrons. The summed E-state index contributed by atoms with van der Waals surface area (Å²) < 4.78 is 0. The van der Waals surface area contributed by atoms with E-state index >= 15 is 0 Å². The van der Waals surface area contributed by atoms with Gasteiger partial charge in [0.05, 0.1) is 12.2 Å². The highest BCUT2D eigenvalue weighted by atomic mass is 16.3. The molecule has 1 aliphatic carbocycles. The second-order valence-electron chi connectivity index (χ2n) is 3.55. The molecule has 0 bridgehead atoms. The Kier molecular flexibility index (Phi) is 2.35. The van der Waals surface area contributed by atoms with Crippen molar-refractivity contribution >= 4 is 0 Å². The molecule has 2 heteroatoms. The number of aliphatic hydroxyl groups excluding tert-OH is 1. The van der Waals surface area contributed by atoms with Gasteiger partial charge >= 0.3 is 0 Å². The van der Waals surface area contributed by atoms with E-state index < -0.39 is 5.60 Å². The van der Waals surface area contributed by atoms with Gasteiger partial charge in [-0.3, -0.25) is 0 Å². The zero-order valence-corrected chi connectivity index (χ0v) is 7.01. The molecule has 0 spiro atoms. The minimum Gasteiger partial charge on any atom is -0.393 e. The molecule has 1 saturated carbocycles. The summed E-state index contributed by atoms with van der Waals surface area (Å²) in [7, 11) is 0. The van der Waals surface area contributed by atoms with E-state index in [1.165, 1.54) is 0 Å². The summed E-state index contributed by atoms with van der Waals surface area (Å²) in [6, 6.07) is 0. The molecule has 0 aromatic rings. The monoisotopic (exact) mass is 156 g/mol. The first-order chi connectivity index (χ1) is 5.10. The van der Waals surface area contributed by atoms with E-state index in [0.717, 1.165) is 18.4 Å². The standard InChI is InChI=1S/C9H16O2/c1-7(2)8-4-3-5-9(8,11)6-10/h8,10-11H,1,3-6H2,2H3. The number of rotatable bonds is 2. The molecule has 0 amide bonds. The third-order valence-electron chi connectivity index (χ3n) is 2.62. The first-order valence-electron chi connectivity index (χ1n) is 4.09. The molecule has 0 saturated heterocycles. The Labute approximate surface area is 67.6 Å². The van der Waals surface area contributed by atoms with Gasteiger partial charge in [0.25, 0.3) is 0 Å². The zero-order chi connectivity index (χ0) is 8.48. The van der Waals surface area contributed by atoms with Crippen LogP contribution in [0.4, 0.5) is 0 Å². The minimum atomic E-state index is -0.869. The van der Waals surface area contributed by atoms with Crippen molar-refractivity contribution in [1.29, 1.82) is 0 Å². The van der Waals surface area contributed by atoms with Crippen LogP contribution in [-0.4, -0.2) is 22.4 Å². The van der Waals surface area contributed by atoms with E-state index in [-0.39, 0.29) is 12.5 Å². The first kappa shape index (κ1) is 8.75. The van der Waals surface area contributed by atoms with Crippen LogP contribution in [0, 0.1) is 5.92 Å². The highest BCUT2D eigenvalue weighted by Crippen LogP contribution is 2.38. The van der Waals surface area contributed by atoms with E-state index in [1.807, 2.05) is 6.92 Å². The average molecular weight is 156 g/mol. The van der Waals surface area contributed by atoms with Gasteiger partial charge in [-0.15, -0.1) is 0 Å². The second-order valence-corrected chi connectivity index (χ2v) is 3.55. The SMILES string of the molecule is C=C(C)C1CCCC1(O)CO. The Morgan fingerprint density at radius 3 is 2.73 bits per heavy atom. The number of hydrogen-bond donors (Lipinski definition) is 2. The summed E-state index contributed by atoms with van der Waals surface area (Å²) in [4.78, 5) is 0. The van der Waals surface area contributed by atoms with Gasteiger partial charge in [-0.25, -0.2) is 0 Å². The van der Waals surface area contributed by atoms with Crippen LogP contribution in [0.5, 0.6) is 0 Å². The lowest BCUT2D eigenvalue weighted by Crippen LogP contribution is -2.37. The summed E-state index contributed by atoms with van der Waals surface area (Å²) in [5.74, 6) is 0.104. The maximum atomic E-state index is 9.82. The van der Waals surface area contributed by atoms with Gasteiger partial charge in [0, 0.05) is 5.92 Å². The predicted molar refractivity (Wildman–Crippen MR) is 44.2 cm³/mol. The Balaban J connectivity index is 2.72. The van der Waals surface area contributed by atoms with Crippen LogP contribution in [0.3, 0.4) is 0 Å². The molecular formula is C9H16O2. The normalized spacial score (nSPS) is 37.5. The zero-order valence-electron chi connectivity index (χ0n) is 7.01. The summed E-state index contributed by atoms with van der Waals surface area (Å²) >= 11 is 0. The van der Waals surface area contributed by atoms with Gasteiger partial charge in [0.1, 0.15) is 0 Å². The summed E-state index contributed by atoms with van der Waals surface area (Å²) in [5.41, 5.74) is 0.116. The molecule has 64 valence electrons. The summed E-state index contributed by atoms with van der Waals surface area (Å²) in [6.07, 6.45) is 2.67. The maximum absolute atomic E-state index is 9.82. The smallest absolute Gasteiger partial charge is 0.0941 e. The molecule has 1 rings (SSSR count). The molecule has 2 unspecified atom stereocenters. The molecular weight excluding hydrogens is 140 g/mol.